The van der Waals surface area contributed by atoms with Crippen LogP contribution in [0, 0.1) is 0 Å². The average Bonchev–Trinajstić information content (AvgIpc) is 2.88. The van der Waals surface area contributed by atoms with E-state index in [0.717, 1.165) is 5.76 Å². The number of hydrogen-bond acceptors (Lipinski definition) is 3. The van der Waals surface area contributed by atoms with Crippen LogP contribution in [0.3, 0.4) is 0 Å². The van der Waals surface area contributed by atoms with E-state index in [2.05, 4.69) is 5.32 Å². The molecule has 0 saturated carbocycles. The van der Waals surface area contributed by atoms with E-state index in [0.29, 0.717) is 12.1 Å². The number of aromatic carboxylic acids is 1. The monoisotopic (exact) mass is 293 g/mol. The van der Waals surface area contributed by atoms with Crippen molar-refractivity contribution >= 4 is 29.2 Å². The highest BCUT2D eigenvalue weighted by atomic mass is 35.5. The van der Waals surface area contributed by atoms with Gasteiger partial charge in [0.15, 0.2) is 0 Å². The van der Waals surface area contributed by atoms with Crippen LogP contribution >= 0.6 is 11.6 Å². The summed E-state index contributed by atoms with van der Waals surface area (Å²) < 4.78 is 5.12. The number of carbonyl (C=O) groups is 2. The molecule has 2 aromatic rings. The van der Waals surface area contributed by atoms with Gasteiger partial charge in [-0.05, 0) is 30.3 Å². The van der Waals surface area contributed by atoms with E-state index >= 15 is 0 Å². The molecule has 2 N–H and O–H groups in total. The molecule has 0 atom stereocenters. The third-order valence-electron chi connectivity index (χ3n) is 2.61. The van der Waals surface area contributed by atoms with E-state index < -0.39 is 5.97 Å². The summed E-state index contributed by atoms with van der Waals surface area (Å²) >= 11 is 5.81. The lowest BCUT2D eigenvalue weighted by Gasteiger charge is -2.06. The van der Waals surface area contributed by atoms with Crippen LogP contribution in [0.2, 0.25) is 5.02 Å². The van der Waals surface area contributed by atoms with Gasteiger partial charge in [-0.2, -0.15) is 0 Å². The summed E-state index contributed by atoms with van der Waals surface area (Å²) in [5.41, 5.74) is 0.387. The minimum Gasteiger partial charge on any atom is -0.478 e. The summed E-state index contributed by atoms with van der Waals surface area (Å²) in [6, 6.07) is 7.72. The number of halogens is 1. The van der Waals surface area contributed by atoms with Gasteiger partial charge in [0.1, 0.15) is 5.76 Å². The highest BCUT2D eigenvalue weighted by Crippen LogP contribution is 2.19. The fourth-order valence-corrected chi connectivity index (χ4v) is 1.94. The molecule has 0 unspecified atom stereocenters. The molecule has 20 heavy (non-hydrogen) atoms. The molecule has 0 radical (unpaired) electrons. The molecule has 0 saturated heterocycles. The number of carboxylic acid groups (broad SMARTS) is 1. The maximum Gasteiger partial charge on any atom is 0.335 e. The number of hydrogen-bond donors (Lipinski definition) is 2. The maximum absolute atomic E-state index is 11.8. The normalized spacial score (nSPS) is 10.2. The van der Waals surface area contributed by atoms with Gasteiger partial charge in [-0.25, -0.2) is 4.79 Å². The van der Waals surface area contributed by atoms with Crippen LogP contribution in [-0.4, -0.2) is 17.0 Å². The topological polar surface area (TPSA) is 79.5 Å². The largest absolute Gasteiger partial charge is 0.478 e. The molecule has 0 fully saturated rings. The number of rotatable bonds is 5. The zero-order chi connectivity index (χ0) is 14.5. The molecule has 2 rings (SSSR count). The number of carbonyl (C=O) groups excluding carboxylic acids is 1. The second-order valence-electron chi connectivity index (χ2n) is 4.16. The maximum atomic E-state index is 11.8. The van der Waals surface area contributed by atoms with Gasteiger partial charge >= 0.3 is 5.97 Å². The van der Waals surface area contributed by atoms with Crippen molar-refractivity contribution < 1.29 is 19.1 Å². The molecular weight excluding hydrogens is 282 g/mol. The van der Waals surface area contributed by atoms with Crippen LogP contribution in [0.15, 0.2) is 41.0 Å². The number of amides is 1. The molecule has 6 heteroatoms. The van der Waals surface area contributed by atoms with E-state index in [4.69, 9.17) is 21.1 Å². The van der Waals surface area contributed by atoms with Gasteiger partial charge < -0.3 is 14.8 Å². The number of aryl methyl sites for hydroxylation is 1. The summed E-state index contributed by atoms with van der Waals surface area (Å²) in [6.07, 6.45) is 2.26. The van der Waals surface area contributed by atoms with Crippen molar-refractivity contribution in [3.8, 4) is 0 Å². The zero-order valence-electron chi connectivity index (χ0n) is 10.4. The second-order valence-corrected chi connectivity index (χ2v) is 4.60. The van der Waals surface area contributed by atoms with Gasteiger partial charge in [0.05, 0.1) is 11.8 Å². The van der Waals surface area contributed by atoms with Crippen molar-refractivity contribution in [2.24, 2.45) is 0 Å². The van der Waals surface area contributed by atoms with Crippen LogP contribution in [-0.2, 0) is 11.2 Å². The number of anilines is 1. The van der Waals surface area contributed by atoms with Gasteiger partial charge in [0.25, 0.3) is 0 Å². The number of carboxylic acids is 1. The standard InChI is InChI=1S/C14H12ClNO4/c15-10-6-9(14(18)19)7-11(8-10)16-13(17)4-3-12-2-1-5-20-12/h1-2,5-8H,3-4H2,(H,16,17)(H,18,19). The van der Waals surface area contributed by atoms with Crippen molar-refractivity contribution in [3.05, 3.63) is 52.9 Å². The van der Waals surface area contributed by atoms with Crippen LogP contribution < -0.4 is 5.32 Å². The Morgan fingerprint density at radius 1 is 1.30 bits per heavy atom. The Morgan fingerprint density at radius 3 is 2.75 bits per heavy atom. The first kappa shape index (κ1) is 14.1. The Balaban J connectivity index is 1.98. The first-order valence-corrected chi connectivity index (χ1v) is 6.28. The van der Waals surface area contributed by atoms with Gasteiger partial charge in [0, 0.05) is 23.6 Å². The van der Waals surface area contributed by atoms with Crippen LogP contribution in [0.4, 0.5) is 5.69 Å². The molecule has 0 spiro atoms. The summed E-state index contributed by atoms with van der Waals surface area (Å²) in [5.74, 6) is -0.615. The van der Waals surface area contributed by atoms with Gasteiger partial charge in [-0.15, -0.1) is 0 Å². The Kier molecular flexibility index (Phi) is 4.42. The van der Waals surface area contributed by atoms with Gasteiger partial charge in [-0.3, -0.25) is 4.79 Å². The second kappa shape index (κ2) is 6.25. The van der Waals surface area contributed by atoms with Crippen molar-refractivity contribution in [3.63, 3.8) is 0 Å². The van der Waals surface area contributed by atoms with Crippen LogP contribution in [0.1, 0.15) is 22.5 Å². The van der Waals surface area contributed by atoms with E-state index in [-0.39, 0.29) is 22.9 Å². The Labute approximate surface area is 120 Å². The summed E-state index contributed by atoms with van der Waals surface area (Å²) in [4.78, 5) is 22.6. The minimum atomic E-state index is -1.10. The van der Waals surface area contributed by atoms with E-state index in [1.165, 1.54) is 18.2 Å². The van der Waals surface area contributed by atoms with Crippen LogP contribution in [0.25, 0.3) is 0 Å². The van der Waals surface area contributed by atoms with Crippen molar-refractivity contribution in [1.82, 2.24) is 0 Å². The summed E-state index contributed by atoms with van der Waals surface area (Å²) in [5, 5.41) is 11.8. The minimum absolute atomic E-state index is 0.0267. The molecular formula is C14H12ClNO4. The molecule has 0 aliphatic heterocycles. The van der Waals surface area contributed by atoms with Crippen molar-refractivity contribution in [1.29, 1.82) is 0 Å². The van der Waals surface area contributed by atoms with E-state index in [1.807, 2.05) is 0 Å². The first-order valence-electron chi connectivity index (χ1n) is 5.91. The smallest absolute Gasteiger partial charge is 0.335 e. The molecule has 1 amide bonds. The van der Waals surface area contributed by atoms with Gasteiger partial charge in [0.2, 0.25) is 5.91 Å². The van der Waals surface area contributed by atoms with Gasteiger partial charge in [-0.1, -0.05) is 11.6 Å². The number of nitrogens with one attached hydrogen (secondary N) is 1. The lowest BCUT2D eigenvalue weighted by Crippen LogP contribution is -2.12. The lowest BCUT2D eigenvalue weighted by molar-refractivity contribution is -0.116. The molecule has 0 bridgehead atoms. The zero-order valence-corrected chi connectivity index (χ0v) is 11.2. The SMILES string of the molecule is O=C(CCc1ccco1)Nc1cc(Cl)cc(C(=O)O)c1. The lowest BCUT2D eigenvalue weighted by atomic mass is 10.2. The van der Waals surface area contributed by atoms with E-state index in [1.54, 1.807) is 18.4 Å². The number of furan rings is 1. The predicted molar refractivity (Wildman–Crippen MR) is 74.1 cm³/mol. The molecule has 1 aromatic carbocycles. The summed E-state index contributed by atoms with van der Waals surface area (Å²) in [7, 11) is 0. The highest BCUT2D eigenvalue weighted by molar-refractivity contribution is 6.31. The average molecular weight is 294 g/mol. The Hall–Kier alpha value is -2.27. The molecule has 0 aliphatic carbocycles. The molecule has 1 heterocycles. The van der Waals surface area contributed by atoms with E-state index in [9.17, 15) is 9.59 Å². The third kappa shape index (κ3) is 3.86. The molecule has 5 nitrogen and oxygen atoms in total. The highest BCUT2D eigenvalue weighted by Gasteiger charge is 2.09. The van der Waals surface area contributed by atoms with Crippen molar-refractivity contribution in [2.45, 2.75) is 12.8 Å². The van der Waals surface area contributed by atoms with Crippen molar-refractivity contribution in [2.75, 3.05) is 5.32 Å². The predicted octanol–water partition coefficient (Wildman–Crippen LogP) is 3.20. The first-order chi connectivity index (χ1) is 9.54. The summed E-state index contributed by atoms with van der Waals surface area (Å²) in [6.45, 7) is 0. The third-order valence-corrected chi connectivity index (χ3v) is 2.83. The Morgan fingerprint density at radius 2 is 2.10 bits per heavy atom. The Bertz CT molecular complexity index is 622. The quantitative estimate of drug-likeness (QED) is 0.887. The fraction of sp³-hybridized carbons (Fsp3) is 0.143. The molecule has 0 aliphatic rings. The molecule has 1 aromatic heterocycles. The number of benzene rings is 1. The van der Waals surface area contributed by atoms with Crippen LogP contribution in [0.5, 0.6) is 0 Å². The fourth-order valence-electron chi connectivity index (χ4n) is 1.70. The molecule has 104 valence electrons.